The predicted octanol–water partition coefficient (Wildman–Crippen LogP) is 3.07. The molecule has 2 heterocycles. The third kappa shape index (κ3) is 6.38. The zero-order valence-electron chi connectivity index (χ0n) is 18.2. The van der Waals surface area contributed by atoms with Crippen molar-refractivity contribution in [3.8, 4) is 5.75 Å². The Morgan fingerprint density at radius 3 is 2.76 bits per heavy atom. The van der Waals surface area contributed by atoms with Crippen LogP contribution in [0.4, 0.5) is 0 Å². The standard InChI is InChI=1S/C23H26N6O2S2/c1-30-17-9-7-15(8-10-17)18(24)13-32-14-27-22-21(31-22)20(28-29-23-26-11-12-33-23)19(25)16-5-3-2-4-6-16/h2-10,13,21-22,25,27H,11-12,14,24H2,1H3,(H,26,29)/b18-13-,25-19?,28-20+. The zero-order chi connectivity index (χ0) is 23.0. The van der Waals surface area contributed by atoms with Gasteiger partial charge in [-0.05, 0) is 35.2 Å². The minimum Gasteiger partial charge on any atom is -0.497 e. The minimum absolute atomic E-state index is 0.212. The van der Waals surface area contributed by atoms with Gasteiger partial charge in [0, 0.05) is 22.9 Å². The summed E-state index contributed by atoms with van der Waals surface area (Å²) < 4.78 is 11.0. The maximum absolute atomic E-state index is 8.65. The van der Waals surface area contributed by atoms with Crippen molar-refractivity contribution >= 4 is 45.8 Å². The van der Waals surface area contributed by atoms with Crippen LogP contribution in [0.2, 0.25) is 0 Å². The van der Waals surface area contributed by atoms with E-state index in [-0.39, 0.29) is 12.3 Å². The van der Waals surface area contributed by atoms with Crippen LogP contribution in [-0.2, 0) is 4.74 Å². The number of nitrogens with one attached hydrogen (secondary N) is 3. The molecule has 2 aromatic rings. The zero-order valence-corrected chi connectivity index (χ0v) is 19.8. The first kappa shape index (κ1) is 23.4. The van der Waals surface area contributed by atoms with Gasteiger partial charge in [0.15, 0.2) is 5.17 Å². The molecule has 1 fully saturated rings. The van der Waals surface area contributed by atoms with Crippen LogP contribution in [0.1, 0.15) is 11.1 Å². The van der Waals surface area contributed by atoms with Gasteiger partial charge in [0.2, 0.25) is 0 Å². The number of hydrogen-bond acceptors (Lipinski definition) is 10. The van der Waals surface area contributed by atoms with Crippen molar-refractivity contribution in [1.82, 2.24) is 10.7 Å². The lowest BCUT2D eigenvalue weighted by Crippen LogP contribution is -2.30. The Bertz CT molecular complexity index is 1060. The van der Waals surface area contributed by atoms with Crippen LogP contribution >= 0.6 is 23.5 Å². The number of benzene rings is 2. The minimum atomic E-state index is -0.305. The van der Waals surface area contributed by atoms with Crippen molar-refractivity contribution in [2.75, 3.05) is 25.3 Å². The molecule has 0 saturated carbocycles. The van der Waals surface area contributed by atoms with E-state index in [0.717, 1.165) is 34.3 Å². The number of aliphatic imine (C=N–C) groups is 1. The highest BCUT2D eigenvalue weighted by atomic mass is 32.2. The third-order valence-electron chi connectivity index (χ3n) is 4.94. The second-order valence-corrected chi connectivity index (χ2v) is 9.12. The summed E-state index contributed by atoms with van der Waals surface area (Å²) in [7, 11) is 1.64. The number of ether oxygens (including phenoxy) is 2. The van der Waals surface area contributed by atoms with Gasteiger partial charge in [0.25, 0.3) is 0 Å². The first-order chi connectivity index (χ1) is 16.2. The van der Waals surface area contributed by atoms with E-state index in [0.29, 0.717) is 23.0 Å². The van der Waals surface area contributed by atoms with Crippen molar-refractivity contribution in [3.63, 3.8) is 0 Å². The van der Waals surface area contributed by atoms with Crippen LogP contribution in [0, 0.1) is 5.41 Å². The highest BCUT2D eigenvalue weighted by Crippen LogP contribution is 2.25. The Morgan fingerprint density at radius 1 is 1.27 bits per heavy atom. The van der Waals surface area contributed by atoms with Gasteiger partial charge in [-0.25, -0.2) is 0 Å². The molecule has 33 heavy (non-hydrogen) atoms. The average molecular weight is 483 g/mol. The summed E-state index contributed by atoms with van der Waals surface area (Å²) in [6.07, 6.45) is -0.517. The molecule has 2 atom stereocenters. The number of rotatable bonds is 10. The average Bonchev–Trinajstić information content (AvgIpc) is 3.42. The van der Waals surface area contributed by atoms with Crippen molar-refractivity contribution in [3.05, 3.63) is 71.1 Å². The monoisotopic (exact) mass is 482 g/mol. The molecule has 5 N–H and O–H groups in total. The molecular formula is C23H26N6O2S2. The highest BCUT2D eigenvalue weighted by molar-refractivity contribution is 8.14. The maximum Gasteiger partial charge on any atom is 0.177 e. The molecular weight excluding hydrogens is 456 g/mol. The van der Waals surface area contributed by atoms with E-state index in [2.05, 4.69) is 20.8 Å². The molecule has 0 amide bonds. The Hall–Kier alpha value is -2.79. The van der Waals surface area contributed by atoms with Gasteiger partial charge in [-0.15, -0.1) is 11.8 Å². The van der Waals surface area contributed by atoms with Gasteiger partial charge in [-0.3, -0.25) is 21.1 Å². The van der Waals surface area contributed by atoms with Gasteiger partial charge in [-0.2, -0.15) is 5.10 Å². The number of epoxide rings is 1. The Kier molecular flexibility index (Phi) is 8.05. The number of thioether (sulfide) groups is 2. The lowest BCUT2D eigenvalue weighted by atomic mass is 10.0. The first-order valence-electron chi connectivity index (χ1n) is 10.4. The van der Waals surface area contributed by atoms with E-state index in [1.165, 1.54) is 0 Å². The van der Waals surface area contributed by atoms with E-state index in [1.807, 2.05) is 60.0 Å². The van der Waals surface area contributed by atoms with Gasteiger partial charge in [0.05, 0.1) is 19.4 Å². The van der Waals surface area contributed by atoms with Crippen LogP contribution in [0.3, 0.4) is 0 Å². The van der Waals surface area contributed by atoms with E-state index < -0.39 is 0 Å². The van der Waals surface area contributed by atoms with E-state index >= 15 is 0 Å². The molecule has 0 spiro atoms. The summed E-state index contributed by atoms with van der Waals surface area (Å²) in [5, 5.41) is 19.1. The molecule has 172 valence electrons. The van der Waals surface area contributed by atoms with Gasteiger partial charge in [-0.1, -0.05) is 42.1 Å². The summed E-state index contributed by atoms with van der Waals surface area (Å²) in [6, 6.07) is 17.2. The summed E-state index contributed by atoms with van der Waals surface area (Å²) in [4.78, 5) is 4.36. The smallest absolute Gasteiger partial charge is 0.177 e. The molecule has 0 aliphatic carbocycles. The Morgan fingerprint density at radius 2 is 2.06 bits per heavy atom. The molecule has 0 bridgehead atoms. The van der Waals surface area contributed by atoms with Gasteiger partial charge >= 0.3 is 0 Å². The van der Waals surface area contributed by atoms with Crippen molar-refractivity contribution in [2.45, 2.75) is 12.3 Å². The predicted molar refractivity (Wildman–Crippen MR) is 138 cm³/mol. The lowest BCUT2D eigenvalue weighted by Gasteiger charge is -2.08. The molecule has 4 rings (SSSR count). The molecule has 0 radical (unpaired) electrons. The van der Waals surface area contributed by atoms with E-state index in [4.69, 9.17) is 20.6 Å². The molecule has 0 aromatic heterocycles. The second kappa shape index (κ2) is 11.4. The van der Waals surface area contributed by atoms with E-state index in [1.54, 1.807) is 30.6 Å². The first-order valence-corrected chi connectivity index (χ1v) is 12.4. The topological polar surface area (TPSA) is 120 Å². The fourth-order valence-corrected chi connectivity index (χ4v) is 4.44. The maximum atomic E-state index is 8.65. The summed E-state index contributed by atoms with van der Waals surface area (Å²) in [5.41, 5.74) is 12.5. The van der Waals surface area contributed by atoms with Crippen LogP contribution < -0.4 is 21.2 Å². The largest absolute Gasteiger partial charge is 0.497 e. The number of hydrazone groups is 1. The lowest BCUT2D eigenvalue weighted by molar-refractivity contribution is 0.371. The molecule has 2 aliphatic rings. The number of hydrogen-bond donors (Lipinski definition) is 4. The molecule has 2 unspecified atom stereocenters. The molecule has 2 aromatic carbocycles. The van der Waals surface area contributed by atoms with Crippen molar-refractivity contribution in [2.24, 2.45) is 15.8 Å². The quantitative estimate of drug-likeness (QED) is 0.135. The second-order valence-electron chi connectivity index (χ2n) is 7.18. The van der Waals surface area contributed by atoms with Crippen LogP contribution in [0.5, 0.6) is 5.75 Å². The summed E-state index contributed by atoms with van der Waals surface area (Å²) in [6.45, 7) is 0.780. The summed E-state index contributed by atoms with van der Waals surface area (Å²) >= 11 is 3.17. The molecule has 2 aliphatic heterocycles. The van der Waals surface area contributed by atoms with Crippen LogP contribution in [0.25, 0.3) is 5.70 Å². The molecule has 1 saturated heterocycles. The van der Waals surface area contributed by atoms with Crippen molar-refractivity contribution < 1.29 is 9.47 Å². The highest BCUT2D eigenvalue weighted by Gasteiger charge is 2.44. The Balaban J connectivity index is 1.33. The van der Waals surface area contributed by atoms with Gasteiger partial charge in [0.1, 0.15) is 23.8 Å². The third-order valence-corrected chi connectivity index (χ3v) is 6.57. The fraction of sp³-hybridized carbons (Fsp3) is 0.261. The molecule has 8 nitrogen and oxygen atoms in total. The Labute approximate surface area is 201 Å². The normalized spacial score (nSPS) is 20.3. The summed E-state index contributed by atoms with van der Waals surface area (Å²) in [5.74, 6) is 2.35. The fourth-order valence-electron chi connectivity index (χ4n) is 3.11. The van der Waals surface area contributed by atoms with Gasteiger partial charge < -0.3 is 15.2 Å². The number of nitrogens with zero attached hydrogens (tertiary/aromatic N) is 2. The number of methoxy groups -OCH3 is 1. The van der Waals surface area contributed by atoms with E-state index in [9.17, 15) is 0 Å². The number of amidine groups is 1. The van der Waals surface area contributed by atoms with Crippen LogP contribution in [0.15, 0.2) is 70.1 Å². The van der Waals surface area contributed by atoms with Crippen molar-refractivity contribution in [1.29, 1.82) is 5.41 Å². The SMILES string of the molecule is COc1ccc(/C(N)=C/SCNC2OC2/C(=N/NC2=NCCS2)C(=N)c2ccccc2)cc1. The number of nitrogens with two attached hydrogens (primary N) is 1. The molecule has 10 heteroatoms. The van der Waals surface area contributed by atoms with Crippen LogP contribution in [-0.4, -0.2) is 54.2 Å².